The van der Waals surface area contributed by atoms with Gasteiger partial charge in [0.15, 0.2) is 0 Å². The molecule has 2 unspecified atom stereocenters. The highest BCUT2D eigenvalue weighted by molar-refractivity contribution is 5.76. The summed E-state index contributed by atoms with van der Waals surface area (Å²) in [5.41, 5.74) is -0.403. The SMILES string of the molecule is CC(C)(C)OC(=O)C1CC1CO. The van der Waals surface area contributed by atoms with Crippen molar-refractivity contribution in [1.82, 2.24) is 0 Å². The fourth-order valence-corrected chi connectivity index (χ4v) is 1.12. The van der Waals surface area contributed by atoms with Crippen LogP contribution in [0.5, 0.6) is 0 Å². The summed E-state index contributed by atoms with van der Waals surface area (Å²) in [6.07, 6.45) is 0.783. The van der Waals surface area contributed by atoms with Gasteiger partial charge in [0.25, 0.3) is 0 Å². The number of aliphatic hydroxyl groups is 1. The van der Waals surface area contributed by atoms with Gasteiger partial charge in [0.05, 0.1) is 5.92 Å². The summed E-state index contributed by atoms with van der Waals surface area (Å²) in [5.74, 6) is -0.0596. The molecule has 0 heterocycles. The van der Waals surface area contributed by atoms with E-state index in [1.54, 1.807) is 0 Å². The molecule has 12 heavy (non-hydrogen) atoms. The van der Waals surface area contributed by atoms with Gasteiger partial charge in [-0.25, -0.2) is 0 Å². The summed E-state index contributed by atoms with van der Waals surface area (Å²) in [4.78, 5) is 11.3. The van der Waals surface area contributed by atoms with E-state index < -0.39 is 5.60 Å². The minimum absolute atomic E-state index is 0.0470. The summed E-state index contributed by atoms with van der Waals surface area (Å²) in [5, 5.41) is 8.72. The molecule has 3 nitrogen and oxygen atoms in total. The second-order valence-corrected chi connectivity index (χ2v) is 4.32. The fraction of sp³-hybridized carbons (Fsp3) is 0.889. The van der Waals surface area contributed by atoms with Crippen LogP contribution in [0.3, 0.4) is 0 Å². The molecular formula is C9H16O3. The van der Waals surface area contributed by atoms with Crippen LogP contribution in [0.4, 0.5) is 0 Å². The Labute approximate surface area is 72.7 Å². The molecule has 0 aliphatic heterocycles. The van der Waals surface area contributed by atoms with E-state index in [1.807, 2.05) is 20.8 Å². The number of ether oxygens (including phenoxy) is 1. The Kier molecular flexibility index (Phi) is 2.42. The molecule has 70 valence electrons. The van der Waals surface area contributed by atoms with Crippen LogP contribution >= 0.6 is 0 Å². The maximum atomic E-state index is 11.3. The first-order valence-corrected chi connectivity index (χ1v) is 4.28. The molecule has 1 fully saturated rings. The van der Waals surface area contributed by atoms with E-state index in [0.717, 1.165) is 6.42 Å². The van der Waals surface area contributed by atoms with Crippen molar-refractivity contribution < 1.29 is 14.6 Å². The predicted molar refractivity (Wildman–Crippen MR) is 44.5 cm³/mol. The van der Waals surface area contributed by atoms with E-state index >= 15 is 0 Å². The zero-order valence-corrected chi connectivity index (χ0v) is 7.83. The van der Waals surface area contributed by atoms with Gasteiger partial charge in [-0.1, -0.05) is 0 Å². The van der Waals surface area contributed by atoms with E-state index in [-0.39, 0.29) is 24.4 Å². The van der Waals surface area contributed by atoms with E-state index in [1.165, 1.54) is 0 Å². The van der Waals surface area contributed by atoms with Gasteiger partial charge >= 0.3 is 5.97 Å². The molecule has 0 radical (unpaired) electrons. The number of esters is 1. The summed E-state index contributed by atoms with van der Waals surface area (Å²) in [6, 6.07) is 0. The average Bonchev–Trinajstić information content (AvgIpc) is 2.60. The van der Waals surface area contributed by atoms with Gasteiger partial charge in [-0.2, -0.15) is 0 Å². The Morgan fingerprint density at radius 1 is 1.58 bits per heavy atom. The highest BCUT2D eigenvalue weighted by Crippen LogP contribution is 2.39. The number of rotatable bonds is 2. The smallest absolute Gasteiger partial charge is 0.309 e. The molecule has 0 spiro atoms. The molecule has 0 bridgehead atoms. The lowest BCUT2D eigenvalue weighted by molar-refractivity contribution is -0.157. The van der Waals surface area contributed by atoms with Crippen LogP contribution in [0.25, 0.3) is 0 Å². The molecule has 1 rings (SSSR count). The van der Waals surface area contributed by atoms with Crippen LogP contribution in [0.1, 0.15) is 27.2 Å². The lowest BCUT2D eigenvalue weighted by atomic mass is 10.2. The minimum atomic E-state index is -0.403. The topological polar surface area (TPSA) is 46.5 Å². The number of carbonyl (C=O) groups excluding carboxylic acids is 1. The molecule has 1 N–H and O–H groups in total. The first kappa shape index (κ1) is 9.52. The molecule has 1 saturated carbocycles. The predicted octanol–water partition coefficient (Wildman–Crippen LogP) is 0.956. The van der Waals surface area contributed by atoms with Gasteiger partial charge in [-0.3, -0.25) is 4.79 Å². The van der Waals surface area contributed by atoms with Crippen molar-refractivity contribution in [2.45, 2.75) is 32.8 Å². The maximum Gasteiger partial charge on any atom is 0.309 e. The fourth-order valence-electron chi connectivity index (χ4n) is 1.12. The molecule has 0 aromatic carbocycles. The van der Waals surface area contributed by atoms with Crippen molar-refractivity contribution in [3.63, 3.8) is 0 Å². The summed E-state index contributed by atoms with van der Waals surface area (Å²) >= 11 is 0. The molecule has 2 atom stereocenters. The third-order valence-electron chi connectivity index (χ3n) is 1.87. The Morgan fingerprint density at radius 3 is 2.50 bits per heavy atom. The Bertz CT molecular complexity index is 181. The quantitative estimate of drug-likeness (QED) is 0.631. The first-order valence-electron chi connectivity index (χ1n) is 4.28. The molecular weight excluding hydrogens is 156 g/mol. The molecule has 0 saturated heterocycles. The molecule has 0 amide bonds. The van der Waals surface area contributed by atoms with Crippen molar-refractivity contribution in [3.8, 4) is 0 Å². The summed E-state index contributed by atoms with van der Waals surface area (Å²) < 4.78 is 5.14. The van der Waals surface area contributed by atoms with Gasteiger partial charge in [-0.05, 0) is 33.1 Å². The van der Waals surface area contributed by atoms with Crippen LogP contribution in [0.15, 0.2) is 0 Å². The lowest BCUT2D eigenvalue weighted by Crippen LogP contribution is -2.25. The highest BCUT2D eigenvalue weighted by atomic mass is 16.6. The zero-order valence-electron chi connectivity index (χ0n) is 7.83. The third kappa shape index (κ3) is 2.48. The zero-order chi connectivity index (χ0) is 9.35. The number of hydrogen-bond acceptors (Lipinski definition) is 3. The van der Waals surface area contributed by atoms with Gasteiger partial charge in [0.2, 0.25) is 0 Å². The van der Waals surface area contributed by atoms with E-state index in [9.17, 15) is 4.79 Å². The second-order valence-electron chi connectivity index (χ2n) is 4.32. The normalized spacial score (nSPS) is 28.3. The number of hydrogen-bond donors (Lipinski definition) is 1. The highest BCUT2D eigenvalue weighted by Gasteiger charge is 2.44. The number of aliphatic hydroxyl groups excluding tert-OH is 1. The van der Waals surface area contributed by atoms with Gasteiger partial charge in [0.1, 0.15) is 5.60 Å². The monoisotopic (exact) mass is 172 g/mol. The lowest BCUT2D eigenvalue weighted by Gasteiger charge is -2.19. The first-order chi connectivity index (χ1) is 5.44. The van der Waals surface area contributed by atoms with Crippen LogP contribution in [0, 0.1) is 11.8 Å². The van der Waals surface area contributed by atoms with Crippen molar-refractivity contribution in [2.24, 2.45) is 11.8 Å². The molecule has 1 aliphatic carbocycles. The Balaban J connectivity index is 2.32. The summed E-state index contributed by atoms with van der Waals surface area (Å²) in [7, 11) is 0. The third-order valence-corrected chi connectivity index (χ3v) is 1.87. The van der Waals surface area contributed by atoms with Crippen molar-refractivity contribution in [3.05, 3.63) is 0 Å². The maximum absolute atomic E-state index is 11.3. The van der Waals surface area contributed by atoms with Gasteiger partial charge < -0.3 is 9.84 Å². The number of carbonyl (C=O) groups is 1. The van der Waals surface area contributed by atoms with Crippen LogP contribution < -0.4 is 0 Å². The largest absolute Gasteiger partial charge is 0.460 e. The van der Waals surface area contributed by atoms with E-state index in [2.05, 4.69) is 0 Å². The van der Waals surface area contributed by atoms with Crippen LogP contribution in [-0.4, -0.2) is 23.3 Å². The minimum Gasteiger partial charge on any atom is -0.460 e. The van der Waals surface area contributed by atoms with Gasteiger partial charge in [0, 0.05) is 6.61 Å². The van der Waals surface area contributed by atoms with E-state index in [0.29, 0.717) is 0 Å². The molecule has 0 aromatic rings. The Hall–Kier alpha value is -0.570. The van der Waals surface area contributed by atoms with Crippen LogP contribution in [-0.2, 0) is 9.53 Å². The van der Waals surface area contributed by atoms with Crippen molar-refractivity contribution in [2.75, 3.05) is 6.61 Å². The van der Waals surface area contributed by atoms with Crippen molar-refractivity contribution >= 4 is 5.97 Å². The molecule has 1 aliphatic rings. The molecule has 0 aromatic heterocycles. The average molecular weight is 172 g/mol. The standard InChI is InChI=1S/C9H16O3/c1-9(2,3)12-8(11)7-4-6(7)5-10/h6-7,10H,4-5H2,1-3H3. The van der Waals surface area contributed by atoms with Crippen LogP contribution in [0.2, 0.25) is 0 Å². The molecule has 3 heteroatoms. The van der Waals surface area contributed by atoms with E-state index in [4.69, 9.17) is 9.84 Å². The van der Waals surface area contributed by atoms with Gasteiger partial charge in [-0.15, -0.1) is 0 Å². The Morgan fingerprint density at radius 2 is 2.17 bits per heavy atom. The second kappa shape index (κ2) is 3.05. The summed E-state index contributed by atoms with van der Waals surface area (Å²) in [6.45, 7) is 5.65. The van der Waals surface area contributed by atoms with Crippen molar-refractivity contribution in [1.29, 1.82) is 0 Å².